The van der Waals surface area contributed by atoms with Gasteiger partial charge in [0.25, 0.3) is 0 Å². The fourth-order valence-electron chi connectivity index (χ4n) is 2.30. The van der Waals surface area contributed by atoms with Gasteiger partial charge in [-0.15, -0.1) is 0 Å². The van der Waals surface area contributed by atoms with Gasteiger partial charge in [-0.1, -0.05) is 12.1 Å². The number of rotatable bonds is 6. The Morgan fingerprint density at radius 1 is 1.30 bits per heavy atom. The molecule has 0 aliphatic heterocycles. The summed E-state index contributed by atoms with van der Waals surface area (Å²) in [4.78, 5) is 23.0. The first-order chi connectivity index (χ1) is 9.55. The lowest BCUT2D eigenvalue weighted by Gasteiger charge is -2.38. The second kappa shape index (κ2) is 5.94. The molecule has 2 rings (SSSR count). The largest absolute Gasteiger partial charge is 0.497 e. The molecule has 0 bridgehead atoms. The summed E-state index contributed by atoms with van der Waals surface area (Å²) in [7, 11) is 1.60. The Morgan fingerprint density at radius 2 is 1.95 bits per heavy atom. The fourth-order valence-corrected chi connectivity index (χ4v) is 2.30. The Morgan fingerprint density at radius 3 is 2.40 bits per heavy atom. The minimum absolute atomic E-state index is 0.206. The molecular weight excluding hydrogens is 258 g/mol. The van der Waals surface area contributed by atoms with Gasteiger partial charge in [0, 0.05) is 6.42 Å². The van der Waals surface area contributed by atoms with Crippen LogP contribution < -0.4 is 10.1 Å². The van der Waals surface area contributed by atoms with Crippen molar-refractivity contribution in [2.75, 3.05) is 7.11 Å². The summed E-state index contributed by atoms with van der Waals surface area (Å²) in [6.45, 7) is 0. The number of carbonyl (C=O) groups is 2. The lowest BCUT2D eigenvalue weighted by Crippen LogP contribution is -2.59. The second-order valence-corrected chi connectivity index (χ2v) is 5.14. The molecule has 0 aromatic heterocycles. The van der Waals surface area contributed by atoms with Crippen molar-refractivity contribution in [3.05, 3.63) is 29.8 Å². The first-order valence-corrected chi connectivity index (χ1v) is 6.73. The van der Waals surface area contributed by atoms with Crippen LogP contribution in [0.5, 0.6) is 5.75 Å². The molecule has 0 unspecified atom stereocenters. The van der Waals surface area contributed by atoms with Gasteiger partial charge in [-0.3, -0.25) is 4.79 Å². The molecule has 0 heterocycles. The van der Waals surface area contributed by atoms with Crippen LogP contribution in [0, 0.1) is 0 Å². The number of hydrogen-bond acceptors (Lipinski definition) is 3. The quantitative estimate of drug-likeness (QED) is 0.830. The minimum atomic E-state index is -1.02. The van der Waals surface area contributed by atoms with E-state index in [0.29, 0.717) is 25.7 Å². The number of carbonyl (C=O) groups excluding carboxylic acids is 1. The maximum absolute atomic E-state index is 11.9. The van der Waals surface area contributed by atoms with Gasteiger partial charge < -0.3 is 15.2 Å². The maximum Gasteiger partial charge on any atom is 0.329 e. The number of methoxy groups -OCH3 is 1. The van der Waals surface area contributed by atoms with Gasteiger partial charge >= 0.3 is 5.97 Å². The van der Waals surface area contributed by atoms with Gasteiger partial charge in [0.15, 0.2) is 0 Å². The summed E-state index contributed by atoms with van der Waals surface area (Å²) < 4.78 is 5.06. The van der Waals surface area contributed by atoms with E-state index in [0.717, 1.165) is 17.7 Å². The smallest absolute Gasteiger partial charge is 0.329 e. The Kier molecular flexibility index (Phi) is 4.27. The molecular formula is C15H19NO4. The summed E-state index contributed by atoms with van der Waals surface area (Å²) in [5.74, 6) is -0.359. The topological polar surface area (TPSA) is 75.6 Å². The Balaban J connectivity index is 1.84. The predicted octanol–water partition coefficient (Wildman–Crippen LogP) is 1.75. The number of hydrogen-bond donors (Lipinski definition) is 2. The Bertz CT molecular complexity index is 491. The Labute approximate surface area is 117 Å². The first kappa shape index (κ1) is 14.4. The van der Waals surface area contributed by atoms with Gasteiger partial charge in [0.1, 0.15) is 11.3 Å². The minimum Gasteiger partial charge on any atom is -0.497 e. The molecule has 20 heavy (non-hydrogen) atoms. The predicted molar refractivity (Wildman–Crippen MR) is 73.7 cm³/mol. The molecule has 0 radical (unpaired) electrons. The number of carboxylic acid groups (broad SMARTS) is 1. The third kappa shape index (κ3) is 3.10. The van der Waals surface area contributed by atoms with Crippen LogP contribution in [0.25, 0.3) is 0 Å². The fraction of sp³-hybridized carbons (Fsp3) is 0.467. The summed E-state index contributed by atoms with van der Waals surface area (Å²) in [5, 5.41) is 11.8. The van der Waals surface area contributed by atoms with Crippen LogP contribution in [-0.2, 0) is 16.0 Å². The highest BCUT2D eigenvalue weighted by atomic mass is 16.5. The first-order valence-electron chi connectivity index (χ1n) is 6.73. The number of aliphatic carboxylic acids is 1. The van der Waals surface area contributed by atoms with E-state index in [1.807, 2.05) is 24.3 Å². The number of amides is 1. The van der Waals surface area contributed by atoms with Crippen molar-refractivity contribution < 1.29 is 19.4 Å². The molecule has 1 aromatic rings. The van der Waals surface area contributed by atoms with Crippen LogP contribution in [0.3, 0.4) is 0 Å². The zero-order valence-electron chi connectivity index (χ0n) is 11.5. The van der Waals surface area contributed by atoms with E-state index < -0.39 is 11.5 Å². The zero-order valence-corrected chi connectivity index (χ0v) is 11.5. The highest BCUT2D eigenvalue weighted by Crippen LogP contribution is 2.32. The molecule has 5 nitrogen and oxygen atoms in total. The molecule has 1 amide bonds. The molecule has 0 atom stereocenters. The van der Waals surface area contributed by atoms with Gasteiger partial charge in [-0.2, -0.15) is 0 Å². The number of aryl methyl sites for hydroxylation is 1. The molecule has 2 N–H and O–H groups in total. The monoisotopic (exact) mass is 277 g/mol. The third-order valence-electron chi connectivity index (χ3n) is 3.79. The van der Waals surface area contributed by atoms with Crippen LogP contribution in [0.4, 0.5) is 0 Å². The van der Waals surface area contributed by atoms with Gasteiger partial charge in [-0.05, 0) is 43.4 Å². The molecule has 1 aliphatic carbocycles. The van der Waals surface area contributed by atoms with E-state index in [4.69, 9.17) is 9.84 Å². The highest BCUT2D eigenvalue weighted by molar-refractivity contribution is 5.87. The van der Waals surface area contributed by atoms with Crippen molar-refractivity contribution in [3.8, 4) is 5.75 Å². The lowest BCUT2D eigenvalue weighted by atomic mass is 9.76. The summed E-state index contributed by atoms with van der Waals surface area (Å²) in [5.41, 5.74) is 0.00992. The van der Waals surface area contributed by atoms with Crippen LogP contribution in [0.15, 0.2) is 24.3 Å². The number of benzene rings is 1. The van der Waals surface area contributed by atoms with Gasteiger partial charge in [0.05, 0.1) is 7.11 Å². The highest BCUT2D eigenvalue weighted by Gasteiger charge is 2.45. The Hall–Kier alpha value is -2.04. The van der Waals surface area contributed by atoms with E-state index in [2.05, 4.69) is 5.32 Å². The third-order valence-corrected chi connectivity index (χ3v) is 3.79. The lowest BCUT2D eigenvalue weighted by molar-refractivity contribution is -0.151. The summed E-state index contributed by atoms with van der Waals surface area (Å²) >= 11 is 0. The van der Waals surface area contributed by atoms with Crippen molar-refractivity contribution in [3.63, 3.8) is 0 Å². The normalized spacial score (nSPS) is 16.1. The van der Waals surface area contributed by atoms with Crippen LogP contribution in [0.2, 0.25) is 0 Å². The van der Waals surface area contributed by atoms with Crippen molar-refractivity contribution >= 4 is 11.9 Å². The average Bonchev–Trinajstić information content (AvgIpc) is 2.40. The molecule has 1 aliphatic rings. The molecule has 5 heteroatoms. The molecule has 0 saturated heterocycles. The van der Waals surface area contributed by atoms with Crippen molar-refractivity contribution in [1.82, 2.24) is 5.32 Å². The van der Waals surface area contributed by atoms with Crippen LogP contribution in [-0.4, -0.2) is 29.6 Å². The summed E-state index contributed by atoms with van der Waals surface area (Å²) in [6.07, 6.45) is 2.78. The van der Waals surface area contributed by atoms with E-state index in [1.54, 1.807) is 7.11 Å². The van der Waals surface area contributed by atoms with Crippen LogP contribution in [0.1, 0.15) is 31.2 Å². The van der Waals surface area contributed by atoms with Crippen molar-refractivity contribution in [2.24, 2.45) is 0 Å². The zero-order chi connectivity index (χ0) is 14.6. The van der Waals surface area contributed by atoms with E-state index in [1.165, 1.54) is 0 Å². The molecule has 1 fully saturated rings. The number of carboxylic acids is 1. The van der Waals surface area contributed by atoms with E-state index in [9.17, 15) is 9.59 Å². The van der Waals surface area contributed by atoms with Crippen LogP contribution >= 0.6 is 0 Å². The maximum atomic E-state index is 11.9. The van der Waals surface area contributed by atoms with Gasteiger partial charge in [0.2, 0.25) is 5.91 Å². The SMILES string of the molecule is COc1ccc(CCC(=O)NC2(C(=O)O)CCC2)cc1. The second-order valence-electron chi connectivity index (χ2n) is 5.14. The number of ether oxygens (including phenoxy) is 1. The van der Waals surface area contributed by atoms with E-state index in [-0.39, 0.29) is 5.91 Å². The standard InChI is InChI=1S/C15H19NO4/c1-20-12-6-3-11(4-7-12)5-8-13(17)16-15(14(18)19)9-2-10-15/h3-4,6-7H,2,5,8-10H2,1H3,(H,16,17)(H,18,19). The molecule has 108 valence electrons. The number of nitrogens with one attached hydrogen (secondary N) is 1. The van der Waals surface area contributed by atoms with Crippen molar-refractivity contribution in [2.45, 2.75) is 37.6 Å². The van der Waals surface area contributed by atoms with E-state index >= 15 is 0 Å². The molecule has 0 spiro atoms. The molecule has 1 aromatic carbocycles. The summed E-state index contributed by atoms with van der Waals surface area (Å²) in [6, 6.07) is 7.50. The molecule has 1 saturated carbocycles. The average molecular weight is 277 g/mol. The van der Waals surface area contributed by atoms with Gasteiger partial charge in [-0.25, -0.2) is 4.79 Å². The van der Waals surface area contributed by atoms with Crippen molar-refractivity contribution in [1.29, 1.82) is 0 Å².